The van der Waals surface area contributed by atoms with Crippen LogP contribution in [0.15, 0.2) is 45.8 Å². The highest BCUT2D eigenvalue weighted by Gasteiger charge is 2.25. The summed E-state index contributed by atoms with van der Waals surface area (Å²) < 4.78 is 33.3. The second-order valence-electron chi connectivity index (χ2n) is 5.84. The van der Waals surface area contributed by atoms with E-state index in [-0.39, 0.29) is 33.1 Å². The molecular formula is C17H16BrClN2O4S. The molecule has 0 bridgehead atoms. The monoisotopic (exact) mass is 458 g/mol. The summed E-state index contributed by atoms with van der Waals surface area (Å²) in [4.78, 5) is 12.3. The predicted molar refractivity (Wildman–Crippen MR) is 103 cm³/mol. The Bertz CT molecular complexity index is 961. The Morgan fingerprint density at radius 3 is 2.58 bits per heavy atom. The minimum absolute atomic E-state index is 0.0594. The van der Waals surface area contributed by atoms with Crippen LogP contribution >= 0.6 is 27.5 Å². The zero-order valence-electron chi connectivity index (χ0n) is 13.8. The molecule has 1 saturated carbocycles. The topological polar surface area (TPSA) is 84.5 Å². The number of carbonyl (C=O) groups excluding carboxylic acids is 1. The van der Waals surface area contributed by atoms with E-state index < -0.39 is 10.0 Å². The van der Waals surface area contributed by atoms with Crippen molar-refractivity contribution in [1.29, 1.82) is 0 Å². The van der Waals surface area contributed by atoms with Gasteiger partial charge in [-0.25, -0.2) is 8.42 Å². The summed E-state index contributed by atoms with van der Waals surface area (Å²) in [7, 11) is -2.34. The van der Waals surface area contributed by atoms with Gasteiger partial charge in [0, 0.05) is 11.7 Å². The van der Waals surface area contributed by atoms with Crippen LogP contribution in [-0.4, -0.2) is 27.5 Å². The van der Waals surface area contributed by atoms with Gasteiger partial charge in [0.2, 0.25) is 0 Å². The molecule has 3 rings (SSSR count). The molecule has 0 atom stereocenters. The molecule has 0 unspecified atom stereocenters. The molecular weight excluding hydrogens is 444 g/mol. The number of carbonyl (C=O) groups is 1. The Kier molecular flexibility index (Phi) is 5.45. The van der Waals surface area contributed by atoms with Crippen molar-refractivity contribution >= 4 is 49.1 Å². The van der Waals surface area contributed by atoms with E-state index in [4.69, 9.17) is 16.3 Å². The summed E-state index contributed by atoms with van der Waals surface area (Å²) in [5.41, 5.74) is 0.483. The average molecular weight is 460 g/mol. The highest BCUT2D eigenvalue weighted by atomic mass is 79.9. The van der Waals surface area contributed by atoms with Crippen molar-refractivity contribution in [3.8, 4) is 5.75 Å². The van der Waals surface area contributed by atoms with Crippen molar-refractivity contribution in [2.24, 2.45) is 0 Å². The van der Waals surface area contributed by atoms with Gasteiger partial charge in [0.1, 0.15) is 5.75 Å². The van der Waals surface area contributed by atoms with Crippen LogP contribution in [-0.2, 0) is 10.0 Å². The third kappa shape index (κ3) is 4.31. The van der Waals surface area contributed by atoms with Crippen molar-refractivity contribution in [2.45, 2.75) is 23.8 Å². The van der Waals surface area contributed by atoms with Gasteiger partial charge in [-0.15, -0.1) is 0 Å². The molecule has 1 aliphatic rings. The molecule has 26 heavy (non-hydrogen) atoms. The number of halogens is 2. The normalized spacial score (nSPS) is 14.0. The molecule has 9 heteroatoms. The smallest absolute Gasteiger partial charge is 0.261 e. The second-order valence-corrected chi connectivity index (χ2v) is 8.79. The van der Waals surface area contributed by atoms with Crippen LogP contribution in [0, 0.1) is 0 Å². The number of ether oxygens (including phenoxy) is 1. The first-order valence-electron chi connectivity index (χ1n) is 7.77. The molecule has 0 aliphatic heterocycles. The average Bonchev–Trinajstić information content (AvgIpc) is 3.40. The van der Waals surface area contributed by atoms with Crippen LogP contribution in [0.2, 0.25) is 5.02 Å². The predicted octanol–water partition coefficient (Wildman–Crippen LogP) is 3.80. The number of amides is 1. The zero-order chi connectivity index (χ0) is 18.9. The molecule has 0 aromatic heterocycles. The van der Waals surface area contributed by atoms with Crippen molar-refractivity contribution in [2.75, 3.05) is 11.8 Å². The van der Waals surface area contributed by atoms with Crippen molar-refractivity contribution in [3.05, 3.63) is 51.5 Å². The molecule has 6 nitrogen and oxygen atoms in total. The van der Waals surface area contributed by atoms with Crippen LogP contribution in [0.25, 0.3) is 0 Å². The lowest BCUT2D eigenvalue weighted by Crippen LogP contribution is -2.25. The number of methoxy groups -OCH3 is 1. The summed E-state index contributed by atoms with van der Waals surface area (Å²) in [5, 5.41) is 3.09. The van der Waals surface area contributed by atoms with E-state index >= 15 is 0 Å². The van der Waals surface area contributed by atoms with Gasteiger partial charge < -0.3 is 10.1 Å². The van der Waals surface area contributed by atoms with E-state index in [1.54, 1.807) is 6.07 Å². The SMILES string of the molecule is COc1ccc(S(=O)(=O)Nc2ccc(Cl)c(C(=O)NC3CC3)c2)cc1Br. The van der Waals surface area contributed by atoms with Gasteiger partial charge in [0.15, 0.2) is 0 Å². The number of hydrogen-bond donors (Lipinski definition) is 2. The van der Waals surface area contributed by atoms with Crippen molar-refractivity contribution < 1.29 is 17.9 Å². The zero-order valence-corrected chi connectivity index (χ0v) is 16.9. The highest BCUT2D eigenvalue weighted by Crippen LogP contribution is 2.29. The lowest BCUT2D eigenvalue weighted by atomic mass is 10.2. The van der Waals surface area contributed by atoms with Crippen molar-refractivity contribution in [1.82, 2.24) is 5.32 Å². The van der Waals surface area contributed by atoms with Crippen LogP contribution in [0.3, 0.4) is 0 Å². The molecule has 0 spiro atoms. The van der Waals surface area contributed by atoms with Gasteiger partial charge in [-0.3, -0.25) is 9.52 Å². The number of hydrogen-bond acceptors (Lipinski definition) is 4. The van der Waals surface area contributed by atoms with Crippen LogP contribution < -0.4 is 14.8 Å². The van der Waals surface area contributed by atoms with E-state index in [0.29, 0.717) is 10.2 Å². The number of benzene rings is 2. The molecule has 1 fully saturated rings. The first-order valence-corrected chi connectivity index (χ1v) is 10.4. The number of sulfonamides is 1. The second kappa shape index (κ2) is 7.46. The Morgan fingerprint density at radius 2 is 1.96 bits per heavy atom. The third-order valence-corrected chi connectivity index (χ3v) is 6.14. The molecule has 1 aliphatic carbocycles. The molecule has 2 N–H and O–H groups in total. The standard InChI is InChI=1S/C17H16BrClN2O4S/c1-25-16-7-5-12(9-14(16)18)26(23,24)21-11-4-6-15(19)13(8-11)17(22)20-10-2-3-10/h4-10,21H,2-3H2,1H3,(H,20,22). The fourth-order valence-electron chi connectivity index (χ4n) is 2.28. The first kappa shape index (κ1) is 19.0. The molecule has 2 aromatic rings. The van der Waals surface area contributed by atoms with E-state index in [2.05, 4.69) is 26.0 Å². The largest absolute Gasteiger partial charge is 0.496 e. The van der Waals surface area contributed by atoms with Gasteiger partial charge in [-0.2, -0.15) is 0 Å². The van der Waals surface area contributed by atoms with Gasteiger partial charge in [-0.1, -0.05) is 11.6 Å². The van der Waals surface area contributed by atoms with Crippen LogP contribution in [0.5, 0.6) is 5.75 Å². The lowest BCUT2D eigenvalue weighted by Gasteiger charge is -2.12. The number of anilines is 1. The van der Waals surface area contributed by atoms with Crippen molar-refractivity contribution in [3.63, 3.8) is 0 Å². The van der Waals surface area contributed by atoms with Gasteiger partial charge in [-0.05, 0) is 65.2 Å². The fourth-order valence-corrected chi connectivity index (χ4v) is 4.25. The molecule has 2 aromatic carbocycles. The van der Waals surface area contributed by atoms with E-state index in [1.165, 1.54) is 37.4 Å². The lowest BCUT2D eigenvalue weighted by molar-refractivity contribution is 0.0951. The van der Waals surface area contributed by atoms with E-state index in [1.807, 2.05) is 0 Å². The first-order chi connectivity index (χ1) is 12.3. The maximum atomic E-state index is 12.6. The number of rotatable bonds is 6. The summed E-state index contributed by atoms with van der Waals surface area (Å²) in [5.74, 6) is 0.209. The van der Waals surface area contributed by atoms with Gasteiger partial charge >= 0.3 is 0 Å². The Balaban J connectivity index is 1.85. The summed E-state index contributed by atoms with van der Waals surface area (Å²) in [6.07, 6.45) is 1.89. The van der Waals surface area contributed by atoms with Gasteiger partial charge in [0.25, 0.3) is 15.9 Å². The Morgan fingerprint density at radius 1 is 1.23 bits per heavy atom. The van der Waals surface area contributed by atoms with Gasteiger partial charge in [0.05, 0.1) is 27.1 Å². The number of nitrogens with one attached hydrogen (secondary N) is 2. The van der Waals surface area contributed by atoms with E-state index in [9.17, 15) is 13.2 Å². The quantitative estimate of drug-likeness (QED) is 0.688. The highest BCUT2D eigenvalue weighted by molar-refractivity contribution is 9.10. The van der Waals surface area contributed by atoms with E-state index in [0.717, 1.165) is 12.8 Å². The molecule has 138 valence electrons. The molecule has 0 radical (unpaired) electrons. The molecule has 0 saturated heterocycles. The maximum Gasteiger partial charge on any atom is 0.261 e. The summed E-state index contributed by atoms with van der Waals surface area (Å²) in [6.45, 7) is 0. The third-order valence-electron chi connectivity index (χ3n) is 3.81. The maximum absolute atomic E-state index is 12.6. The molecule has 1 amide bonds. The Labute approximate surface area is 165 Å². The van der Waals surface area contributed by atoms with Crippen LogP contribution in [0.1, 0.15) is 23.2 Å². The van der Waals surface area contributed by atoms with Crippen LogP contribution in [0.4, 0.5) is 5.69 Å². The molecule has 0 heterocycles. The minimum Gasteiger partial charge on any atom is -0.496 e. The minimum atomic E-state index is -3.84. The fraction of sp³-hybridized carbons (Fsp3) is 0.235. The Hall–Kier alpha value is -1.77. The summed E-state index contributed by atoms with van der Waals surface area (Å²) >= 11 is 9.35. The summed E-state index contributed by atoms with van der Waals surface area (Å²) in [6, 6.07) is 9.03.